The summed E-state index contributed by atoms with van der Waals surface area (Å²) >= 11 is 0. The van der Waals surface area contributed by atoms with Crippen LogP contribution in [0.15, 0.2) is 36.5 Å². The second-order valence-corrected chi connectivity index (χ2v) is 21.8. The molecule has 0 radical (unpaired) electrons. The van der Waals surface area contributed by atoms with E-state index in [4.69, 9.17) is 18.9 Å². The number of allylic oxidation sites excluding steroid dienone is 5. The Kier molecular flexibility index (Phi) is 43.5. The van der Waals surface area contributed by atoms with Gasteiger partial charge in [-0.15, -0.1) is 0 Å². The number of carbonyl (C=O) groups excluding carboxylic acids is 1. The van der Waals surface area contributed by atoms with Crippen molar-refractivity contribution < 1.29 is 64.6 Å². The van der Waals surface area contributed by atoms with Crippen molar-refractivity contribution in [2.24, 2.45) is 0 Å². The predicted octanol–water partition coefficient (Wildman–Crippen LogP) is 10.6. The van der Waals surface area contributed by atoms with Gasteiger partial charge in [-0.05, 0) is 44.9 Å². The molecule has 0 spiro atoms. The Morgan fingerprint density at radius 1 is 0.467 bits per heavy atom. The molecule has 0 aromatic heterocycles. The highest BCUT2D eigenvalue weighted by Gasteiger charge is 2.51. The summed E-state index contributed by atoms with van der Waals surface area (Å²) < 4.78 is 22.7. The first-order chi connectivity index (χ1) is 36.6. The molecule has 2 rings (SSSR count). The van der Waals surface area contributed by atoms with Crippen LogP contribution in [0.5, 0.6) is 0 Å². The van der Waals surface area contributed by atoms with Crippen LogP contribution in [0, 0.1) is 0 Å². The lowest BCUT2D eigenvalue weighted by atomic mass is 9.97. The standard InChI is InChI=1S/C61H113NO13/c1-3-5-7-9-11-13-15-17-19-20-21-22-23-24-25-26-27-28-29-30-31-32-34-36-38-40-42-44-50(65)49(62-53(66)45-43-41-39-37-35-33-18-16-14-12-10-8-6-4-2)48-72-60-58(71)56(69)59(52(47-64)74-60)75-61-57(70)55(68)54(67)51(46-63)73-61/h29-30,34,36,42,44,49-52,54-61,63-65,67-71H,3-28,31-33,35,37-41,43,45-48H2,1-2H3,(H,62,66)/b30-29+,36-34+,44-42+. The summed E-state index contributed by atoms with van der Waals surface area (Å²) in [4.78, 5) is 13.2. The zero-order valence-corrected chi connectivity index (χ0v) is 47.3. The van der Waals surface area contributed by atoms with Crippen molar-refractivity contribution in [1.82, 2.24) is 5.32 Å². The van der Waals surface area contributed by atoms with Crippen LogP contribution in [0.3, 0.4) is 0 Å². The van der Waals surface area contributed by atoms with Gasteiger partial charge in [-0.3, -0.25) is 4.79 Å². The summed E-state index contributed by atoms with van der Waals surface area (Å²) in [5.74, 6) is -0.251. The molecule has 12 unspecified atom stereocenters. The molecule has 0 bridgehead atoms. The number of ether oxygens (including phenoxy) is 4. The number of rotatable bonds is 49. The molecule has 2 aliphatic rings. The van der Waals surface area contributed by atoms with Gasteiger partial charge >= 0.3 is 0 Å². The molecule has 12 atom stereocenters. The van der Waals surface area contributed by atoms with Gasteiger partial charge < -0.3 is 65.1 Å². The third-order valence-corrected chi connectivity index (χ3v) is 15.1. The molecule has 2 aliphatic heterocycles. The number of aliphatic hydroxyl groups excluding tert-OH is 8. The Balaban J connectivity index is 1.75. The van der Waals surface area contributed by atoms with E-state index in [2.05, 4.69) is 43.5 Å². The van der Waals surface area contributed by atoms with Crippen molar-refractivity contribution in [3.8, 4) is 0 Å². The average molecular weight is 1070 g/mol. The maximum atomic E-state index is 13.2. The SMILES string of the molecule is CCCCCCCCCCCCCCCCCCC/C=C/CC/C=C/CC/C=C/C(O)C(COC1OC(CO)C(OC2OC(CO)C(O)C(O)C2O)C(O)C1O)NC(=O)CCCCCCCCCCCCCCCC. The van der Waals surface area contributed by atoms with Gasteiger partial charge in [0.05, 0.1) is 32.0 Å². The topological polar surface area (TPSA) is 228 Å². The molecule has 0 aromatic rings. The zero-order chi connectivity index (χ0) is 54.6. The second kappa shape index (κ2) is 47.1. The minimum atomic E-state index is -1.79. The summed E-state index contributed by atoms with van der Waals surface area (Å²) in [6.45, 7) is 2.79. The van der Waals surface area contributed by atoms with Gasteiger partial charge in [0.1, 0.15) is 48.8 Å². The predicted molar refractivity (Wildman–Crippen MR) is 300 cm³/mol. The normalized spacial score (nSPS) is 25.3. The molecule has 0 aromatic carbocycles. The fourth-order valence-corrected chi connectivity index (χ4v) is 10.1. The van der Waals surface area contributed by atoms with Crippen molar-refractivity contribution >= 4 is 5.91 Å². The molecule has 14 nitrogen and oxygen atoms in total. The molecule has 2 saturated heterocycles. The molecule has 75 heavy (non-hydrogen) atoms. The summed E-state index contributed by atoms with van der Waals surface area (Å²) in [5, 5.41) is 87.0. The molecule has 0 saturated carbocycles. The van der Waals surface area contributed by atoms with Crippen LogP contribution in [0.4, 0.5) is 0 Å². The molecule has 2 fully saturated rings. The van der Waals surface area contributed by atoms with Gasteiger partial charge in [-0.1, -0.05) is 237 Å². The van der Waals surface area contributed by atoms with Crippen molar-refractivity contribution in [2.45, 2.75) is 325 Å². The molecule has 440 valence electrons. The monoisotopic (exact) mass is 1070 g/mol. The minimum absolute atomic E-state index is 0.251. The summed E-state index contributed by atoms with van der Waals surface area (Å²) in [7, 11) is 0. The Morgan fingerprint density at radius 3 is 1.31 bits per heavy atom. The van der Waals surface area contributed by atoms with Crippen LogP contribution in [0.1, 0.15) is 251 Å². The van der Waals surface area contributed by atoms with E-state index in [1.54, 1.807) is 6.08 Å². The number of hydrogen-bond donors (Lipinski definition) is 9. The van der Waals surface area contributed by atoms with Gasteiger partial charge in [0.15, 0.2) is 12.6 Å². The number of carbonyl (C=O) groups is 1. The van der Waals surface area contributed by atoms with Gasteiger partial charge in [0.25, 0.3) is 0 Å². The summed E-state index contributed by atoms with van der Waals surface area (Å²) in [5.41, 5.74) is 0. The number of hydrogen-bond acceptors (Lipinski definition) is 13. The van der Waals surface area contributed by atoms with Gasteiger partial charge in [0, 0.05) is 6.42 Å². The maximum absolute atomic E-state index is 13.2. The fraction of sp³-hybridized carbons (Fsp3) is 0.885. The van der Waals surface area contributed by atoms with E-state index in [1.807, 2.05) is 6.08 Å². The molecular formula is C61H113NO13. The highest BCUT2D eigenvalue weighted by molar-refractivity contribution is 5.76. The van der Waals surface area contributed by atoms with Crippen LogP contribution >= 0.6 is 0 Å². The quantitative estimate of drug-likeness (QED) is 0.0204. The van der Waals surface area contributed by atoms with Crippen LogP contribution < -0.4 is 5.32 Å². The number of nitrogens with one attached hydrogen (secondary N) is 1. The zero-order valence-electron chi connectivity index (χ0n) is 47.3. The van der Waals surface area contributed by atoms with E-state index in [0.717, 1.165) is 44.9 Å². The first-order valence-corrected chi connectivity index (χ1v) is 30.7. The third-order valence-electron chi connectivity index (χ3n) is 15.1. The van der Waals surface area contributed by atoms with Gasteiger partial charge in [-0.2, -0.15) is 0 Å². The summed E-state index contributed by atoms with van der Waals surface area (Å²) in [6.07, 6.45) is 40.6. The van der Waals surface area contributed by atoms with Crippen LogP contribution in [0.2, 0.25) is 0 Å². The largest absolute Gasteiger partial charge is 0.394 e. The van der Waals surface area contributed by atoms with Crippen LogP contribution in [0.25, 0.3) is 0 Å². The van der Waals surface area contributed by atoms with Crippen LogP contribution in [-0.4, -0.2) is 140 Å². The Labute approximate surface area is 455 Å². The maximum Gasteiger partial charge on any atom is 0.220 e. The lowest BCUT2D eigenvalue weighted by molar-refractivity contribution is -0.359. The molecule has 0 aliphatic carbocycles. The smallest absolute Gasteiger partial charge is 0.220 e. The van der Waals surface area contributed by atoms with Crippen molar-refractivity contribution in [1.29, 1.82) is 0 Å². The molecule has 2 heterocycles. The van der Waals surface area contributed by atoms with E-state index in [1.165, 1.54) is 173 Å². The lowest BCUT2D eigenvalue weighted by Crippen LogP contribution is -2.65. The molecular weight excluding hydrogens is 955 g/mol. The Morgan fingerprint density at radius 2 is 0.853 bits per heavy atom. The number of amides is 1. The second-order valence-electron chi connectivity index (χ2n) is 21.8. The first kappa shape index (κ1) is 69.3. The van der Waals surface area contributed by atoms with E-state index >= 15 is 0 Å². The molecule has 1 amide bonds. The average Bonchev–Trinajstić information content (AvgIpc) is 3.41. The van der Waals surface area contributed by atoms with E-state index < -0.39 is 86.8 Å². The molecule has 9 N–H and O–H groups in total. The van der Waals surface area contributed by atoms with Gasteiger partial charge in [0.2, 0.25) is 5.91 Å². The minimum Gasteiger partial charge on any atom is -0.394 e. The van der Waals surface area contributed by atoms with Crippen molar-refractivity contribution in [3.05, 3.63) is 36.5 Å². The van der Waals surface area contributed by atoms with E-state index in [9.17, 15) is 45.6 Å². The molecule has 14 heteroatoms. The third kappa shape index (κ3) is 32.8. The van der Waals surface area contributed by atoms with E-state index in [-0.39, 0.29) is 18.9 Å². The van der Waals surface area contributed by atoms with Gasteiger partial charge in [-0.25, -0.2) is 0 Å². The summed E-state index contributed by atoms with van der Waals surface area (Å²) in [6, 6.07) is -0.935. The number of aliphatic hydroxyl groups is 8. The van der Waals surface area contributed by atoms with Crippen molar-refractivity contribution in [3.63, 3.8) is 0 Å². The van der Waals surface area contributed by atoms with E-state index in [0.29, 0.717) is 12.8 Å². The Bertz CT molecular complexity index is 1400. The van der Waals surface area contributed by atoms with Crippen molar-refractivity contribution in [2.75, 3.05) is 19.8 Å². The fourth-order valence-electron chi connectivity index (χ4n) is 10.1. The number of unbranched alkanes of at least 4 members (excludes halogenated alkanes) is 32. The lowest BCUT2D eigenvalue weighted by Gasteiger charge is -2.46. The van der Waals surface area contributed by atoms with Crippen LogP contribution in [-0.2, 0) is 23.7 Å². The highest BCUT2D eigenvalue weighted by atomic mass is 16.7. The highest BCUT2D eigenvalue weighted by Crippen LogP contribution is 2.30. The first-order valence-electron chi connectivity index (χ1n) is 30.7. The Hall–Kier alpha value is -1.79.